The zero-order valence-corrected chi connectivity index (χ0v) is 24.0. The first-order valence-electron chi connectivity index (χ1n) is 14.2. The maximum atomic E-state index is 13.0. The van der Waals surface area contributed by atoms with Crippen LogP contribution in [0.2, 0.25) is 0 Å². The van der Waals surface area contributed by atoms with Crippen LogP contribution >= 0.6 is 0 Å². The number of benzene rings is 2. The fraction of sp³-hybridized carbons (Fsp3) is 0.400. The van der Waals surface area contributed by atoms with Crippen LogP contribution in [0.15, 0.2) is 48.5 Å². The molecule has 0 radical (unpaired) electrons. The Labute approximate surface area is 244 Å². The molecule has 3 aromatic rings. The van der Waals surface area contributed by atoms with E-state index in [2.05, 4.69) is 10.2 Å². The number of aromatic nitrogens is 3. The normalized spacial score (nSPS) is 15.8. The van der Waals surface area contributed by atoms with E-state index in [1.165, 1.54) is 0 Å². The highest BCUT2D eigenvalue weighted by Gasteiger charge is 2.42. The summed E-state index contributed by atoms with van der Waals surface area (Å²) < 4.78 is 6.96. The van der Waals surface area contributed by atoms with Crippen molar-refractivity contribution in [3.8, 4) is 0 Å². The number of primary amides is 2. The Bertz CT molecular complexity index is 1460. The standard InChI is InChI=1S/C30H36N8O4/c1-30(2,22-10-6-20(7-11-22)25(31)39)38-24(26(32)40)27(34-29(35-38)37-14-4-3-5-15-37)33-23-12-8-21(9-13-23)28(41)36-16-18-42-19-17-36/h6-13H,3-5,14-19H2,1-2H3,(H4-,31,32,33,34,35,39,40,41)/p+1. The van der Waals surface area contributed by atoms with Gasteiger partial charge in [-0.25, -0.2) is 0 Å². The Morgan fingerprint density at radius 2 is 1.48 bits per heavy atom. The molecule has 5 rings (SSSR count). The second-order valence-electron chi connectivity index (χ2n) is 11.0. The average molecular weight is 574 g/mol. The fourth-order valence-corrected chi connectivity index (χ4v) is 5.30. The Morgan fingerprint density at radius 1 is 0.857 bits per heavy atom. The van der Waals surface area contributed by atoms with Gasteiger partial charge in [0, 0.05) is 67.5 Å². The monoisotopic (exact) mass is 573 g/mol. The molecule has 2 aromatic carbocycles. The summed E-state index contributed by atoms with van der Waals surface area (Å²) in [5, 5.41) is 8.11. The molecule has 1 aromatic heterocycles. The number of hydrogen-bond acceptors (Lipinski definition) is 8. The van der Waals surface area contributed by atoms with Gasteiger partial charge < -0.3 is 31.3 Å². The van der Waals surface area contributed by atoms with Gasteiger partial charge in [-0.15, -0.1) is 0 Å². The highest BCUT2D eigenvalue weighted by atomic mass is 16.5. The summed E-state index contributed by atoms with van der Waals surface area (Å²) in [5.74, 6) is -0.554. The lowest BCUT2D eigenvalue weighted by Gasteiger charge is -2.27. The van der Waals surface area contributed by atoms with Crippen LogP contribution in [0.1, 0.15) is 69.9 Å². The van der Waals surface area contributed by atoms with E-state index in [1.807, 2.05) is 13.8 Å². The van der Waals surface area contributed by atoms with Gasteiger partial charge >= 0.3 is 11.6 Å². The number of nitrogens with zero attached hydrogens (tertiary/aromatic N) is 5. The van der Waals surface area contributed by atoms with Crippen molar-refractivity contribution in [2.24, 2.45) is 11.5 Å². The van der Waals surface area contributed by atoms with Crippen molar-refractivity contribution in [1.82, 2.24) is 15.0 Å². The van der Waals surface area contributed by atoms with Crippen molar-refractivity contribution in [2.45, 2.75) is 38.6 Å². The lowest BCUT2D eigenvalue weighted by molar-refractivity contribution is -0.800. The summed E-state index contributed by atoms with van der Waals surface area (Å²) in [5.41, 5.74) is 13.0. The summed E-state index contributed by atoms with van der Waals surface area (Å²) in [4.78, 5) is 46.2. The zero-order chi connectivity index (χ0) is 29.9. The molecule has 2 aliphatic rings. The molecular formula is C30H37N8O4+. The number of ether oxygens (including phenoxy) is 1. The molecule has 3 heterocycles. The molecule has 0 spiro atoms. The van der Waals surface area contributed by atoms with Crippen molar-refractivity contribution >= 4 is 35.2 Å². The Balaban J connectivity index is 1.54. The number of nitrogens with one attached hydrogen (secondary N) is 1. The number of anilines is 3. The van der Waals surface area contributed by atoms with Crippen LogP contribution in [0.4, 0.5) is 17.5 Å². The van der Waals surface area contributed by atoms with Gasteiger partial charge in [0.15, 0.2) is 0 Å². The van der Waals surface area contributed by atoms with Gasteiger partial charge in [0.2, 0.25) is 17.3 Å². The quantitative estimate of drug-likeness (QED) is 0.345. The molecule has 2 saturated heterocycles. The molecule has 0 bridgehead atoms. The van der Waals surface area contributed by atoms with E-state index in [0.717, 1.165) is 37.9 Å². The van der Waals surface area contributed by atoms with Gasteiger partial charge in [0.25, 0.3) is 11.9 Å². The van der Waals surface area contributed by atoms with Crippen LogP contribution in [0.3, 0.4) is 0 Å². The molecule has 0 atom stereocenters. The van der Waals surface area contributed by atoms with E-state index >= 15 is 0 Å². The molecule has 0 unspecified atom stereocenters. The lowest BCUT2D eigenvalue weighted by Crippen LogP contribution is -2.61. The first kappa shape index (κ1) is 28.9. The van der Waals surface area contributed by atoms with Gasteiger partial charge in [-0.1, -0.05) is 16.8 Å². The van der Waals surface area contributed by atoms with E-state index in [9.17, 15) is 14.4 Å². The first-order chi connectivity index (χ1) is 20.1. The van der Waals surface area contributed by atoms with E-state index < -0.39 is 17.4 Å². The molecule has 0 saturated carbocycles. The number of piperidine rings is 1. The predicted molar refractivity (Wildman–Crippen MR) is 157 cm³/mol. The highest BCUT2D eigenvalue weighted by Crippen LogP contribution is 2.26. The lowest BCUT2D eigenvalue weighted by atomic mass is 9.93. The Morgan fingerprint density at radius 3 is 2.07 bits per heavy atom. The smallest absolute Gasteiger partial charge is 0.339 e. The van der Waals surface area contributed by atoms with Gasteiger partial charge in [-0.2, -0.15) is 4.98 Å². The minimum absolute atomic E-state index is 0.0564. The van der Waals surface area contributed by atoms with Gasteiger partial charge in [-0.05, 0) is 55.7 Å². The summed E-state index contributed by atoms with van der Waals surface area (Å²) in [6, 6.07) is 13.9. The van der Waals surface area contributed by atoms with Crippen molar-refractivity contribution in [3.05, 3.63) is 70.9 Å². The Hall–Kier alpha value is -4.58. The fourth-order valence-electron chi connectivity index (χ4n) is 5.30. The second kappa shape index (κ2) is 12.1. The number of carbonyl (C=O) groups excluding carboxylic acids is 3. The molecule has 220 valence electrons. The minimum Gasteiger partial charge on any atom is -0.378 e. The summed E-state index contributed by atoms with van der Waals surface area (Å²) >= 11 is 0. The van der Waals surface area contributed by atoms with Crippen LogP contribution < -0.4 is 26.4 Å². The number of amides is 3. The van der Waals surface area contributed by atoms with Crippen LogP contribution in [0.5, 0.6) is 0 Å². The molecule has 5 N–H and O–H groups in total. The highest BCUT2D eigenvalue weighted by molar-refractivity contribution is 5.96. The predicted octanol–water partition coefficient (Wildman–Crippen LogP) is 1.95. The third kappa shape index (κ3) is 6.03. The van der Waals surface area contributed by atoms with Crippen LogP contribution in [-0.4, -0.2) is 72.1 Å². The van der Waals surface area contributed by atoms with E-state index in [-0.39, 0.29) is 17.4 Å². The first-order valence-corrected chi connectivity index (χ1v) is 14.2. The molecular weight excluding hydrogens is 536 g/mol. The molecule has 0 aliphatic carbocycles. The third-order valence-electron chi connectivity index (χ3n) is 7.81. The summed E-state index contributed by atoms with van der Waals surface area (Å²) in [6.45, 7) is 7.59. The van der Waals surface area contributed by atoms with Crippen molar-refractivity contribution in [1.29, 1.82) is 0 Å². The molecule has 2 fully saturated rings. The van der Waals surface area contributed by atoms with Crippen LogP contribution in [-0.2, 0) is 10.3 Å². The molecule has 2 aliphatic heterocycles. The van der Waals surface area contributed by atoms with E-state index in [0.29, 0.717) is 49.1 Å². The number of nitrogens with two attached hydrogens (primary N) is 2. The number of carbonyl (C=O) groups is 3. The van der Waals surface area contributed by atoms with Crippen LogP contribution in [0.25, 0.3) is 0 Å². The number of morpholine rings is 1. The maximum Gasteiger partial charge on any atom is 0.339 e. The molecule has 12 nitrogen and oxygen atoms in total. The van der Waals surface area contributed by atoms with E-state index in [4.69, 9.17) is 26.3 Å². The average Bonchev–Trinajstić information content (AvgIpc) is 3.01. The second-order valence-corrected chi connectivity index (χ2v) is 11.0. The van der Waals surface area contributed by atoms with Crippen molar-refractivity contribution in [3.63, 3.8) is 0 Å². The third-order valence-corrected chi connectivity index (χ3v) is 7.81. The summed E-state index contributed by atoms with van der Waals surface area (Å²) in [7, 11) is 0. The molecule has 12 heteroatoms. The zero-order valence-electron chi connectivity index (χ0n) is 24.0. The molecule has 3 amide bonds. The van der Waals surface area contributed by atoms with Gasteiger partial charge in [0.05, 0.1) is 13.2 Å². The Kier molecular flexibility index (Phi) is 8.34. The van der Waals surface area contributed by atoms with Gasteiger partial charge in [0.1, 0.15) is 0 Å². The van der Waals surface area contributed by atoms with Crippen LogP contribution in [0, 0.1) is 0 Å². The largest absolute Gasteiger partial charge is 0.378 e. The SMILES string of the molecule is CC(C)(c1ccc(C(N)=O)cc1)[n+]1nc(N2CCCCC2)nc(Nc2ccc(C(=O)N3CCOCC3)cc2)c1C(N)=O. The maximum absolute atomic E-state index is 13.0. The van der Waals surface area contributed by atoms with Crippen molar-refractivity contribution < 1.29 is 23.8 Å². The van der Waals surface area contributed by atoms with E-state index in [1.54, 1.807) is 58.1 Å². The molecule has 42 heavy (non-hydrogen) atoms. The number of hydrogen-bond donors (Lipinski definition) is 3. The summed E-state index contributed by atoms with van der Waals surface area (Å²) in [6.07, 6.45) is 3.16. The minimum atomic E-state index is -0.862. The topological polar surface area (TPSA) is 161 Å². The van der Waals surface area contributed by atoms with Crippen molar-refractivity contribution in [2.75, 3.05) is 49.6 Å². The van der Waals surface area contributed by atoms with Gasteiger partial charge in [-0.3, -0.25) is 14.4 Å². The number of rotatable bonds is 8.